The second kappa shape index (κ2) is 9.58. The number of hydrogen-bond donors (Lipinski definition) is 1. The second-order valence-corrected chi connectivity index (χ2v) is 9.00. The van der Waals surface area contributed by atoms with Crippen LogP contribution in [-0.4, -0.2) is 22.5 Å². The van der Waals surface area contributed by atoms with Gasteiger partial charge in [0.1, 0.15) is 0 Å². The molecule has 0 aliphatic carbocycles. The Balaban J connectivity index is 1.89. The summed E-state index contributed by atoms with van der Waals surface area (Å²) in [6.45, 7) is 0.471. The minimum atomic E-state index is -4.47. The van der Waals surface area contributed by atoms with Crippen LogP contribution in [0.3, 0.4) is 0 Å². The molecule has 1 saturated heterocycles. The average molecular weight is 571 g/mol. The molecule has 1 aliphatic rings. The van der Waals surface area contributed by atoms with Crippen molar-refractivity contribution in [2.75, 3.05) is 6.54 Å². The number of carboxylic acid groups (broad SMARTS) is 1. The lowest BCUT2D eigenvalue weighted by atomic mass is 9.84. The number of rotatable bonds is 5. The maximum Gasteiger partial charge on any atom is 0.416 e. The summed E-state index contributed by atoms with van der Waals surface area (Å²) in [6.07, 6.45) is -7.96. The van der Waals surface area contributed by atoms with Gasteiger partial charge in [0.05, 0.1) is 15.2 Å². The maximum atomic E-state index is 13.0. The third kappa shape index (κ3) is 5.94. The van der Waals surface area contributed by atoms with Crippen molar-refractivity contribution >= 4 is 28.6 Å². The largest absolute Gasteiger partial charge is 0.481 e. The highest BCUT2D eigenvalue weighted by Crippen LogP contribution is 2.44. The van der Waals surface area contributed by atoms with Gasteiger partial charge in [-0.2, -0.15) is 26.3 Å². The topological polar surface area (TPSA) is 40.5 Å². The molecular weight excluding hydrogens is 551 g/mol. The third-order valence-corrected chi connectivity index (χ3v) is 7.08. The molecule has 0 bridgehead atoms. The second-order valence-electron chi connectivity index (χ2n) is 7.82. The highest BCUT2D eigenvalue weighted by atomic mass is 127. The molecule has 10 heteroatoms. The fraction of sp³-hybridized carbons (Fsp3) is 0.409. The van der Waals surface area contributed by atoms with E-state index in [1.54, 1.807) is 0 Å². The Morgan fingerprint density at radius 3 is 1.94 bits per heavy atom. The van der Waals surface area contributed by atoms with E-state index in [9.17, 15) is 31.1 Å². The van der Waals surface area contributed by atoms with Crippen LogP contribution < -0.4 is 0 Å². The van der Waals surface area contributed by atoms with Gasteiger partial charge in [0.25, 0.3) is 0 Å². The van der Waals surface area contributed by atoms with Crippen LogP contribution in [0.15, 0.2) is 48.5 Å². The molecule has 174 valence electrons. The van der Waals surface area contributed by atoms with E-state index < -0.39 is 29.4 Å². The summed E-state index contributed by atoms with van der Waals surface area (Å²) in [5, 5.41) is 9.16. The molecule has 0 aromatic heterocycles. The first-order chi connectivity index (χ1) is 14.9. The van der Waals surface area contributed by atoms with Crippen LogP contribution in [0.4, 0.5) is 26.3 Å². The molecule has 3 nitrogen and oxygen atoms in total. The van der Waals surface area contributed by atoms with Crippen LogP contribution in [0.5, 0.6) is 0 Å². The van der Waals surface area contributed by atoms with E-state index in [1.807, 2.05) is 4.90 Å². The van der Waals surface area contributed by atoms with Gasteiger partial charge in [0.2, 0.25) is 0 Å². The molecule has 0 saturated carbocycles. The zero-order valence-corrected chi connectivity index (χ0v) is 18.8. The molecule has 0 radical (unpaired) electrons. The molecule has 2 aromatic carbocycles. The molecule has 2 aromatic rings. The predicted molar refractivity (Wildman–Crippen MR) is 114 cm³/mol. The van der Waals surface area contributed by atoms with Gasteiger partial charge >= 0.3 is 18.3 Å². The normalized spacial score (nSPS) is 21.3. The summed E-state index contributed by atoms with van der Waals surface area (Å²) >= 11 is 2.10. The van der Waals surface area contributed by atoms with Crippen LogP contribution in [0.25, 0.3) is 0 Å². The summed E-state index contributed by atoms with van der Waals surface area (Å²) < 4.78 is 77.2. The summed E-state index contributed by atoms with van der Waals surface area (Å²) in [7, 11) is 0. The number of alkyl halides is 7. The van der Waals surface area contributed by atoms with E-state index in [0.717, 1.165) is 24.3 Å². The average Bonchev–Trinajstić information content (AvgIpc) is 2.72. The van der Waals surface area contributed by atoms with Gasteiger partial charge in [-0.25, -0.2) is 0 Å². The fourth-order valence-corrected chi connectivity index (χ4v) is 5.09. The molecule has 1 N–H and O–H groups in total. The summed E-state index contributed by atoms with van der Waals surface area (Å²) in [6, 6.07) is 9.21. The lowest BCUT2D eigenvalue weighted by Crippen LogP contribution is -2.38. The number of nitrogens with zero attached hydrogens (tertiary/aromatic N) is 1. The molecule has 0 unspecified atom stereocenters. The van der Waals surface area contributed by atoms with E-state index in [-0.39, 0.29) is 22.4 Å². The number of carboxylic acids is 1. The molecule has 1 heterocycles. The first kappa shape index (κ1) is 24.8. The van der Waals surface area contributed by atoms with Crippen LogP contribution >= 0.6 is 22.6 Å². The number of hydrogen-bond acceptors (Lipinski definition) is 2. The van der Waals surface area contributed by atoms with Gasteiger partial charge in [-0.15, -0.1) is 0 Å². The van der Waals surface area contributed by atoms with Crippen LogP contribution in [0.2, 0.25) is 0 Å². The van der Waals surface area contributed by atoms with Crippen molar-refractivity contribution in [3.63, 3.8) is 0 Å². The maximum absolute atomic E-state index is 13.0. The Morgan fingerprint density at radius 2 is 1.47 bits per heavy atom. The van der Waals surface area contributed by atoms with Crippen molar-refractivity contribution in [2.24, 2.45) is 5.92 Å². The van der Waals surface area contributed by atoms with Crippen molar-refractivity contribution in [2.45, 2.75) is 41.7 Å². The fourth-order valence-electron chi connectivity index (χ4n) is 4.00. The Kier molecular flexibility index (Phi) is 7.43. The minimum absolute atomic E-state index is 0.0445. The van der Waals surface area contributed by atoms with Crippen molar-refractivity contribution in [3.05, 3.63) is 70.8 Å². The van der Waals surface area contributed by atoms with Crippen molar-refractivity contribution in [3.8, 4) is 0 Å². The van der Waals surface area contributed by atoms with Gasteiger partial charge in [0.15, 0.2) is 0 Å². The van der Waals surface area contributed by atoms with E-state index >= 15 is 0 Å². The lowest BCUT2D eigenvalue weighted by Gasteiger charge is -2.42. The first-order valence-corrected chi connectivity index (χ1v) is 11.1. The van der Waals surface area contributed by atoms with E-state index in [4.69, 9.17) is 5.11 Å². The monoisotopic (exact) mass is 571 g/mol. The zero-order chi connectivity index (χ0) is 23.7. The van der Waals surface area contributed by atoms with Crippen molar-refractivity contribution in [1.29, 1.82) is 0 Å². The number of benzene rings is 2. The quantitative estimate of drug-likeness (QED) is 0.181. The van der Waals surface area contributed by atoms with Gasteiger partial charge in [0, 0.05) is 19.0 Å². The van der Waals surface area contributed by atoms with Crippen LogP contribution in [0, 0.1) is 5.92 Å². The molecule has 3 rings (SSSR count). The molecule has 1 fully saturated rings. The van der Waals surface area contributed by atoms with E-state index in [1.165, 1.54) is 24.3 Å². The Bertz CT molecular complexity index is 927. The standard InChI is InChI=1S/C22H20F6INO2/c23-21(24,25)16-5-1-14(2-6-16)18-11-13(12-19(31)32)9-10-30(18)20(29)15-3-7-17(8-4-15)22(26,27)28/h1-8,13,18,20H,9-12H2,(H,31,32)/t13-,18+,20+/m1/s1. The summed E-state index contributed by atoms with van der Waals surface area (Å²) in [5.41, 5.74) is -0.294. The SMILES string of the molecule is O=C(O)C[C@@H]1CCN([C@H](I)c2ccc(C(F)(F)F)cc2)[C@H](c2ccc(C(F)(F)F)cc2)C1. The van der Waals surface area contributed by atoms with Gasteiger partial charge in [-0.05, 0) is 54.2 Å². The zero-order valence-electron chi connectivity index (χ0n) is 16.6. The van der Waals surface area contributed by atoms with E-state index in [2.05, 4.69) is 22.6 Å². The van der Waals surface area contributed by atoms with Crippen molar-refractivity contribution in [1.82, 2.24) is 4.90 Å². The summed E-state index contributed by atoms with van der Waals surface area (Å²) in [5.74, 6) is -1.09. The minimum Gasteiger partial charge on any atom is -0.481 e. The van der Waals surface area contributed by atoms with Crippen molar-refractivity contribution < 1.29 is 36.2 Å². The third-order valence-electron chi connectivity index (χ3n) is 5.64. The highest BCUT2D eigenvalue weighted by molar-refractivity contribution is 14.1. The molecule has 1 aliphatic heterocycles. The Morgan fingerprint density at radius 1 is 0.969 bits per heavy atom. The first-order valence-electron chi connectivity index (χ1n) is 9.82. The van der Waals surface area contributed by atoms with Gasteiger partial charge in [-0.3, -0.25) is 9.69 Å². The Hall–Kier alpha value is -1.82. The van der Waals surface area contributed by atoms with E-state index in [0.29, 0.717) is 30.5 Å². The predicted octanol–water partition coefficient (Wildman–Crippen LogP) is 7.09. The highest BCUT2D eigenvalue weighted by Gasteiger charge is 2.36. The van der Waals surface area contributed by atoms with Crippen LogP contribution in [0.1, 0.15) is 51.6 Å². The number of halogens is 7. The Labute approximate surface area is 194 Å². The molecule has 32 heavy (non-hydrogen) atoms. The van der Waals surface area contributed by atoms with Crippen LogP contribution in [-0.2, 0) is 17.1 Å². The number of carbonyl (C=O) groups is 1. The summed E-state index contributed by atoms with van der Waals surface area (Å²) in [4.78, 5) is 13.2. The number of piperidine rings is 1. The molecular formula is C22H20F6INO2. The lowest BCUT2D eigenvalue weighted by molar-refractivity contribution is -0.139. The molecule has 3 atom stereocenters. The molecule has 0 amide bonds. The number of likely N-dealkylation sites (tertiary alicyclic amines) is 1. The smallest absolute Gasteiger partial charge is 0.416 e. The van der Waals surface area contributed by atoms with Gasteiger partial charge in [-0.1, -0.05) is 46.9 Å². The molecule has 0 spiro atoms. The van der Waals surface area contributed by atoms with Gasteiger partial charge < -0.3 is 5.11 Å². The number of aliphatic carboxylic acids is 1.